The van der Waals surface area contributed by atoms with Crippen LogP contribution in [0.4, 0.5) is 0 Å². The van der Waals surface area contributed by atoms with Gasteiger partial charge in [0.15, 0.2) is 0 Å². The second-order valence-corrected chi connectivity index (χ2v) is 7.24. The van der Waals surface area contributed by atoms with Gasteiger partial charge in [-0.2, -0.15) is 0 Å². The predicted octanol–water partition coefficient (Wildman–Crippen LogP) is 4.24. The molecule has 0 aliphatic heterocycles. The van der Waals surface area contributed by atoms with E-state index in [4.69, 9.17) is 5.73 Å². The molecule has 106 valence electrons. The Labute approximate surface area is 117 Å². The summed E-state index contributed by atoms with van der Waals surface area (Å²) >= 11 is 0. The van der Waals surface area contributed by atoms with Crippen LogP contribution in [0.2, 0.25) is 0 Å². The molecule has 0 amide bonds. The van der Waals surface area contributed by atoms with Crippen molar-refractivity contribution in [1.82, 2.24) is 4.98 Å². The van der Waals surface area contributed by atoms with Gasteiger partial charge in [-0.3, -0.25) is 4.98 Å². The van der Waals surface area contributed by atoms with E-state index in [1.54, 1.807) is 0 Å². The van der Waals surface area contributed by atoms with E-state index < -0.39 is 0 Å². The lowest BCUT2D eigenvalue weighted by atomic mass is 9.68. The van der Waals surface area contributed by atoms with Crippen molar-refractivity contribution in [1.29, 1.82) is 0 Å². The highest BCUT2D eigenvalue weighted by molar-refractivity contribution is 5.25. The molecule has 1 saturated carbocycles. The van der Waals surface area contributed by atoms with Gasteiger partial charge in [-0.1, -0.05) is 20.8 Å². The lowest BCUT2D eigenvalue weighted by molar-refractivity contribution is 0.139. The van der Waals surface area contributed by atoms with E-state index >= 15 is 0 Å². The summed E-state index contributed by atoms with van der Waals surface area (Å²) in [6, 6.07) is 2.23. The third-order valence-electron chi connectivity index (χ3n) is 4.94. The monoisotopic (exact) mass is 260 g/mol. The number of aryl methyl sites for hydroxylation is 1. The second-order valence-electron chi connectivity index (χ2n) is 7.24. The summed E-state index contributed by atoms with van der Waals surface area (Å²) < 4.78 is 0. The summed E-state index contributed by atoms with van der Waals surface area (Å²) in [5.41, 5.74) is 9.44. The van der Waals surface area contributed by atoms with Crippen LogP contribution in [0.25, 0.3) is 0 Å². The zero-order valence-electron chi connectivity index (χ0n) is 12.8. The highest BCUT2D eigenvalue weighted by Crippen LogP contribution is 2.42. The van der Waals surface area contributed by atoms with Crippen molar-refractivity contribution >= 4 is 0 Å². The molecular formula is C17H28N2. The Bertz CT molecular complexity index is 412. The molecule has 2 rings (SSSR count). The number of aromatic nitrogens is 1. The van der Waals surface area contributed by atoms with E-state index in [9.17, 15) is 0 Å². The molecule has 1 aliphatic rings. The van der Waals surface area contributed by atoms with Crippen molar-refractivity contribution in [2.75, 3.05) is 0 Å². The van der Waals surface area contributed by atoms with Crippen LogP contribution in [0.5, 0.6) is 0 Å². The Balaban J connectivity index is 2.00. The van der Waals surface area contributed by atoms with Gasteiger partial charge in [0, 0.05) is 18.4 Å². The summed E-state index contributed by atoms with van der Waals surface area (Å²) in [6.07, 6.45) is 8.97. The van der Waals surface area contributed by atoms with Crippen LogP contribution in [0.15, 0.2) is 18.5 Å². The first-order valence-corrected chi connectivity index (χ1v) is 7.55. The van der Waals surface area contributed by atoms with Crippen molar-refractivity contribution in [3.63, 3.8) is 0 Å². The van der Waals surface area contributed by atoms with Gasteiger partial charge in [0.2, 0.25) is 0 Å². The number of hydrogen-bond acceptors (Lipinski definition) is 2. The largest absolute Gasteiger partial charge is 0.324 e. The van der Waals surface area contributed by atoms with Crippen LogP contribution in [0, 0.1) is 24.2 Å². The standard InChI is InChI=1S/C17H28N2/c1-12-9-10-19-11-15(12)16(18)13-5-7-14(8-6-13)17(2,3)4/h9-11,13-14,16H,5-8,18H2,1-4H3. The third-order valence-corrected chi connectivity index (χ3v) is 4.94. The highest BCUT2D eigenvalue weighted by Gasteiger charge is 2.32. The fraction of sp³-hybridized carbons (Fsp3) is 0.706. The topological polar surface area (TPSA) is 38.9 Å². The molecule has 1 fully saturated rings. The van der Waals surface area contributed by atoms with E-state index in [0.29, 0.717) is 11.3 Å². The Morgan fingerprint density at radius 1 is 1.21 bits per heavy atom. The van der Waals surface area contributed by atoms with Gasteiger partial charge < -0.3 is 5.73 Å². The molecule has 0 radical (unpaired) electrons. The lowest BCUT2D eigenvalue weighted by Crippen LogP contribution is -2.31. The Morgan fingerprint density at radius 3 is 2.37 bits per heavy atom. The number of nitrogens with zero attached hydrogens (tertiary/aromatic N) is 1. The summed E-state index contributed by atoms with van der Waals surface area (Å²) in [4.78, 5) is 4.24. The average Bonchev–Trinajstić information content (AvgIpc) is 2.38. The maximum atomic E-state index is 6.49. The molecular weight excluding hydrogens is 232 g/mol. The van der Waals surface area contributed by atoms with Gasteiger partial charge in [-0.05, 0) is 67.1 Å². The maximum absolute atomic E-state index is 6.49. The molecule has 1 atom stereocenters. The average molecular weight is 260 g/mol. The van der Waals surface area contributed by atoms with Crippen LogP contribution in [0.1, 0.15) is 63.6 Å². The van der Waals surface area contributed by atoms with Gasteiger partial charge in [0.05, 0.1) is 0 Å². The number of rotatable bonds is 2. The van der Waals surface area contributed by atoms with Crippen LogP contribution in [-0.4, -0.2) is 4.98 Å². The third kappa shape index (κ3) is 3.36. The molecule has 1 aromatic rings. The Kier molecular flexibility index (Phi) is 4.29. The van der Waals surface area contributed by atoms with Gasteiger partial charge >= 0.3 is 0 Å². The molecule has 1 aliphatic carbocycles. The normalized spacial score (nSPS) is 26.2. The maximum Gasteiger partial charge on any atom is 0.0341 e. The lowest BCUT2D eigenvalue weighted by Gasteiger charge is -2.39. The molecule has 2 nitrogen and oxygen atoms in total. The first-order chi connectivity index (χ1) is 8.89. The molecule has 2 N–H and O–H groups in total. The van der Waals surface area contributed by atoms with E-state index in [2.05, 4.69) is 38.7 Å². The summed E-state index contributed by atoms with van der Waals surface area (Å²) in [5, 5.41) is 0. The van der Waals surface area contributed by atoms with Gasteiger partial charge in [-0.15, -0.1) is 0 Å². The van der Waals surface area contributed by atoms with Crippen LogP contribution < -0.4 is 5.73 Å². The fourth-order valence-corrected chi connectivity index (χ4v) is 3.42. The molecule has 1 unspecified atom stereocenters. The summed E-state index contributed by atoms with van der Waals surface area (Å²) in [7, 11) is 0. The predicted molar refractivity (Wildman–Crippen MR) is 80.8 cm³/mol. The molecule has 19 heavy (non-hydrogen) atoms. The first kappa shape index (κ1) is 14.5. The quantitative estimate of drug-likeness (QED) is 0.863. The summed E-state index contributed by atoms with van der Waals surface area (Å²) in [5.74, 6) is 1.48. The molecule has 0 spiro atoms. The van der Waals surface area contributed by atoms with Crippen molar-refractivity contribution < 1.29 is 0 Å². The van der Waals surface area contributed by atoms with E-state index in [-0.39, 0.29) is 6.04 Å². The van der Waals surface area contributed by atoms with Crippen LogP contribution >= 0.6 is 0 Å². The molecule has 0 aromatic carbocycles. The Morgan fingerprint density at radius 2 is 1.84 bits per heavy atom. The second kappa shape index (κ2) is 5.62. The molecule has 1 heterocycles. The Hall–Kier alpha value is -0.890. The van der Waals surface area contributed by atoms with Gasteiger partial charge in [0.25, 0.3) is 0 Å². The van der Waals surface area contributed by atoms with Crippen molar-refractivity contribution in [2.24, 2.45) is 23.0 Å². The molecule has 1 aromatic heterocycles. The van der Waals surface area contributed by atoms with Gasteiger partial charge in [0.1, 0.15) is 0 Å². The van der Waals surface area contributed by atoms with Gasteiger partial charge in [-0.25, -0.2) is 0 Å². The number of pyridine rings is 1. The number of hydrogen-bond donors (Lipinski definition) is 1. The minimum atomic E-state index is 0.162. The smallest absolute Gasteiger partial charge is 0.0341 e. The molecule has 0 bridgehead atoms. The van der Waals surface area contributed by atoms with E-state index in [1.165, 1.54) is 36.8 Å². The minimum absolute atomic E-state index is 0.162. The highest BCUT2D eigenvalue weighted by atomic mass is 14.7. The van der Waals surface area contributed by atoms with Crippen LogP contribution in [0.3, 0.4) is 0 Å². The van der Waals surface area contributed by atoms with E-state index in [0.717, 1.165) is 5.92 Å². The van der Waals surface area contributed by atoms with E-state index in [1.807, 2.05) is 12.4 Å². The van der Waals surface area contributed by atoms with Crippen molar-refractivity contribution in [3.05, 3.63) is 29.6 Å². The number of nitrogens with two attached hydrogens (primary N) is 1. The molecule has 0 saturated heterocycles. The summed E-state index contributed by atoms with van der Waals surface area (Å²) in [6.45, 7) is 9.23. The minimum Gasteiger partial charge on any atom is -0.324 e. The zero-order chi connectivity index (χ0) is 14.0. The molecule has 2 heteroatoms. The van der Waals surface area contributed by atoms with Crippen molar-refractivity contribution in [3.8, 4) is 0 Å². The van der Waals surface area contributed by atoms with Crippen LogP contribution in [-0.2, 0) is 0 Å². The first-order valence-electron chi connectivity index (χ1n) is 7.55. The fourth-order valence-electron chi connectivity index (χ4n) is 3.42. The van der Waals surface area contributed by atoms with Crippen molar-refractivity contribution in [2.45, 2.75) is 59.4 Å². The zero-order valence-corrected chi connectivity index (χ0v) is 12.8. The SMILES string of the molecule is Cc1ccncc1C(N)C1CCC(C(C)(C)C)CC1.